The summed E-state index contributed by atoms with van der Waals surface area (Å²) in [6, 6.07) is 3.55. The van der Waals surface area contributed by atoms with Crippen molar-refractivity contribution < 1.29 is 9.59 Å². The highest BCUT2D eigenvalue weighted by Gasteiger charge is 2.24. The molecule has 2 N–H and O–H groups in total. The molecule has 1 aromatic rings. The average Bonchev–Trinajstić information content (AvgIpc) is 2.43. The first-order valence-electron chi connectivity index (χ1n) is 6.85. The largest absolute Gasteiger partial charge is 0.385 e. The van der Waals surface area contributed by atoms with Crippen LogP contribution in [0.1, 0.15) is 30.3 Å². The predicted octanol–water partition coefficient (Wildman–Crippen LogP) is 0.864. The zero-order valence-electron chi connectivity index (χ0n) is 11.8. The Morgan fingerprint density at radius 3 is 3.05 bits per heavy atom. The number of likely N-dealkylation sites (N-methyl/N-ethyl adjacent to an activating group) is 1. The number of hydrogen-bond donors (Lipinski definition) is 2. The van der Waals surface area contributed by atoms with Crippen molar-refractivity contribution in [2.24, 2.45) is 0 Å². The van der Waals surface area contributed by atoms with Crippen molar-refractivity contribution in [2.75, 3.05) is 25.5 Å². The van der Waals surface area contributed by atoms with Gasteiger partial charge in [-0.2, -0.15) is 0 Å². The van der Waals surface area contributed by atoms with Crippen molar-refractivity contribution in [1.29, 1.82) is 0 Å². The van der Waals surface area contributed by atoms with E-state index in [0.717, 1.165) is 12.2 Å². The monoisotopic (exact) mass is 276 g/mol. The van der Waals surface area contributed by atoms with Crippen LogP contribution in [0.15, 0.2) is 18.3 Å². The summed E-state index contributed by atoms with van der Waals surface area (Å²) in [6.45, 7) is 3.34. The fraction of sp³-hybridized carbons (Fsp3) is 0.500. The SMILES string of the molecule is CCNc1ccnc(C(=O)NC2CCC(=O)N(C)C2)c1. The first-order valence-corrected chi connectivity index (χ1v) is 6.85. The molecule has 20 heavy (non-hydrogen) atoms. The summed E-state index contributed by atoms with van der Waals surface area (Å²) in [5, 5.41) is 6.08. The number of pyridine rings is 1. The fourth-order valence-corrected chi connectivity index (χ4v) is 2.26. The Labute approximate surface area is 118 Å². The predicted molar refractivity (Wildman–Crippen MR) is 76.5 cm³/mol. The van der Waals surface area contributed by atoms with Crippen LogP contribution in [0.25, 0.3) is 0 Å². The van der Waals surface area contributed by atoms with Gasteiger partial charge in [0.15, 0.2) is 0 Å². The minimum absolute atomic E-state index is 0.00482. The Balaban J connectivity index is 1.98. The maximum atomic E-state index is 12.2. The Kier molecular flexibility index (Phi) is 4.55. The van der Waals surface area contributed by atoms with Gasteiger partial charge in [-0.25, -0.2) is 0 Å². The van der Waals surface area contributed by atoms with Crippen LogP contribution in [-0.4, -0.2) is 47.9 Å². The highest BCUT2D eigenvalue weighted by molar-refractivity contribution is 5.93. The van der Waals surface area contributed by atoms with Crippen LogP contribution in [0.4, 0.5) is 5.69 Å². The highest BCUT2D eigenvalue weighted by atomic mass is 16.2. The molecule has 1 aromatic heterocycles. The van der Waals surface area contributed by atoms with Crippen LogP contribution in [0.2, 0.25) is 0 Å². The van der Waals surface area contributed by atoms with Gasteiger partial charge in [-0.05, 0) is 25.5 Å². The van der Waals surface area contributed by atoms with E-state index in [4.69, 9.17) is 0 Å². The van der Waals surface area contributed by atoms with Crippen molar-refractivity contribution in [3.8, 4) is 0 Å². The van der Waals surface area contributed by atoms with Crippen LogP contribution in [-0.2, 0) is 4.79 Å². The van der Waals surface area contributed by atoms with E-state index < -0.39 is 0 Å². The second-order valence-electron chi connectivity index (χ2n) is 4.94. The van der Waals surface area contributed by atoms with Gasteiger partial charge in [-0.3, -0.25) is 14.6 Å². The first-order chi connectivity index (χ1) is 9.60. The van der Waals surface area contributed by atoms with E-state index >= 15 is 0 Å². The van der Waals surface area contributed by atoms with E-state index in [1.165, 1.54) is 0 Å². The van der Waals surface area contributed by atoms with E-state index in [9.17, 15) is 9.59 Å². The van der Waals surface area contributed by atoms with E-state index in [0.29, 0.717) is 25.1 Å². The van der Waals surface area contributed by atoms with Gasteiger partial charge in [0, 0.05) is 44.5 Å². The molecule has 0 saturated carbocycles. The lowest BCUT2D eigenvalue weighted by atomic mass is 10.1. The fourth-order valence-electron chi connectivity index (χ4n) is 2.26. The lowest BCUT2D eigenvalue weighted by Crippen LogP contribution is -2.48. The molecule has 1 atom stereocenters. The molecule has 2 rings (SSSR count). The number of hydrogen-bond acceptors (Lipinski definition) is 4. The molecule has 2 heterocycles. The molecule has 2 amide bonds. The number of anilines is 1. The maximum Gasteiger partial charge on any atom is 0.270 e. The number of piperidine rings is 1. The molecule has 6 heteroatoms. The summed E-state index contributed by atoms with van der Waals surface area (Å²) in [4.78, 5) is 29.3. The number of aromatic nitrogens is 1. The number of rotatable bonds is 4. The summed E-state index contributed by atoms with van der Waals surface area (Å²) in [5.41, 5.74) is 1.27. The Morgan fingerprint density at radius 2 is 2.35 bits per heavy atom. The van der Waals surface area contributed by atoms with E-state index in [-0.39, 0.29) is 17.9 Å². The maximum absolute atomic E-state index is 12.2. The second-order valence-corrected chi connectivity index (χ2v) is 4.94. The second kappa shape index (κ2) is 6.36. The zero-order valence-corrected chi connectivity index (χ0v) is 11.8. The van der Waals surface area contributed by atoms with Crippen molar-refractivity contribution in [3.63, 3.8) is 0 Å². The normalized spacial score (nSPS) is 18.8. The average molecular weight is 276 g/mol. The van der Waals surface area contributed by atoms with Crippen LogP contribution in [0.5, 0.6) is 0 Å². The van der Waals surface area contributed by atoms with Gasteiger partial charge in [0.1, 0.15) is 5.69 Å². The molecule has 1 fully saturated rings. The van der Waals surface area contributed by atoms with Crippen molar-refractivity contribution in [2.45, 2.75) is 25.8 Å². The molecule has 1 aliphatic heterocycles. The van der Waals surface area contributed by atoms with Crippen LogP contribution < -0.4 is 10.6 Å². The number of amides is 2. The number of carbonyl (C=O) groups is 2. The Hall–Kier alpha value is -2.11. The van der Waals surface area contributed by atoms with Crippen molar-refractivity contribution in [3.05, 3.63) is 24.0 Å². The van der Waals surface area contributed by atoms with Crippen molar-refractivity contribution in [1.82, 2.24) is 15.2 Å². The van der Waals surface area contributed by atoms with E-state index in [1.54, 1.807) is 24.2 Å². The molecule has 0 aromatic carbocycles. The topological polar surface area (TPSA) is 74.3 Å². The van der Waals surface area contributed by atoms with Gasteiger partial charge in [0.25, 0.3) is 5.91 Å². The third-order valence-corrected chi connectivity index (χ3v) is 3.34. The number of likely N-dealkylation sites (tertiary alicyclic amines) is 1. The summed E-state index contributed by atoms with van der Waals surface area (Å²) in [5.74, 6) is -0.0692. The lowest BCUT2D eigenvalue weighted by molar-refractivity contribution is -0.132. The molecular weight excluding hydrogens is 256 g/mol. The molecule has 108 valence electrons. The molecule has 6 nitrogen and oxygen atoms in total. The van der Waals surface area contributed by atoms with Gasteiger partial charge in [0.2, 0.25) is 5.91 Å². The van der Waals surface area contributed by atoms with E-state index in [2.05, 4.69) is 15.6 Å². The number of nitrogens with one attached hydrogen (secondary N) is 2. The summed E-state index contributed by atoms with van der Waals surface area (Å²) in [7, 11) is 1.75. The molecule has 0 radical (unpaired) electrons. The van der Waals surface area contributed by atoms with Gasteiger partial charge in [-0.15, -0.1) is 0 Å². The van der Waals surface area contributed by atoms with Gasteiger partial charge >= 0.3 is 0 Å². The molecule has 1 aliphatic rings. The minimum atomic E-state index is -0.197. The lowest BCUT2D eigenvalue weighted by Gasteiger charge is -2.30. The molecular formula is C14H20N4O2. The van der Waals surface area contributed by atoms with Crippen LogP contribution in [0.3, 0.4) is 0 Å². The summed E-state index contributed by atoms with van der Waals surface area (Å²) < 4.78 is 0. The highest BCUT2D eigenvalue weighted by Crippen LogP contribution is 2.11. The van der Waals surface area contributed by atoms with Gasteiger partial charge < -0.3 is 15.5 Å². The molecule has 0 spiro atoms. The first kappa shape index (κ1) is 14.3. The van der Waals surface area contributed by atoms with Gasteiger partial charge in [-0.1, -0.05) is 0 Å². The summed E-state index contributed by atoms with van der Waals surface area (Å²) in [6.07, 6.45) is 2.78. The summed E-state index contributed by atoms with van der Waals surface area (Å²) >= 11 is 0. The standard InChI is InChI=1S/C14H20N4O2/c1-3-15-10-6-7-16-12(8-10)14(20)17-11-4-5-13(19)18(2)9-11/h6-8,11H,3-5,9H2,1-2H3,(H,15,16)(H,17,20). The Morgan fingerprint density at radius 1 is 1.55 bits per heavy atom. The zero-order chi connectivity index (χ0) is 14.5. The third-order valence-electron chi connectivity index (χ3n) is 3.34. The van der Waals surface area contributed by atoms with Crippen LogP contribution in [0, 0.1) is 0 Å². The number of carbonyl (C=O) groups excluding carboxylic acids is 2. The Bertz CT molecular complexity index is 504. The third kappa shape index (κ3) is 3.46. The molecule has 1 saturated heterocycles. The minimum Gasteiger partial charge on any atom is -0.385 e. The number of nitrogens with zero attached hydrogens (tertiary/aromatic N) is 2. The smallest absolute Gasteiger partial charge is 0.270 e. The molecule has 1 unspecified atom stereocenters. The molecule has 0 bridgehead atoms. The van der Waals surface area contributed by atoms with Gasteiger partial charge in [0.05, 0.1) is 0 Å². The quantitative estimate of drug-likeness (QED) is 0.855. The van der Waals surface area contributed by atoms with Crippen molar-refractivity contribution >= 4 is 17.5 Å². The van der Waals surface area contributed by atoms with E-state index in [1.807, 2.05) is 13.0 Å². The molecule has 0 aliphatic carbocycles. The van der Waals surface area contributed by atoms with Crippen LogP contribution >= 0.6 is 0 Å².